The molecule has 29 heavy (non-hydrogen) atoms. The molecule has 0 radical (unpaired) electrons. The van der Waals surface area contributed by atoms with Gasteiger partial charge in [0.05, 0.1) is 30.2 Å². The maximum absolute atomic E-state index is 13.0. The summed E-state index contributed by atoms with van der Waals surface area (Å²) in [6.07, 6.45) is 3.06. The molecule has 0 spiro atoms. The number of para-hydroxylation sites is 2. The molecule has 148 valence electrons. The summed E-state index contributed by atoms with van der Waals surface area (Å²) >= 11 is 0. The normalized spacial score (nSPS) is 27.3. The van der Waals surface area contributed by atoms with Gasteiger partial charge in [0.2, 0.25) is 11.8 Å². The van der Waals surface area contributed by atoms with Crippen molar-refractivity contribution in [2.24, 2.45) is 23.7 Å². The number of anilines is 1. The summed E-state index contributed by atoms with van der Waals surface area (Å²) in [5.41, 5.74) is 0.706. The molecule has 0 unspecified atom stereocenters. The van der Waals surface area contributed by atoms with Crippen molar-refractivity contribution in [2.75, 3.05) is 12.0 Å². The van der Waals surface area contributed by atoms with Gasteiger partial charge in [-0.2, -0.15) is 0 Å². The van der Waals surface area contributed by atoms with E-state index in [4.69, 9.17) is 9.47 Å². The Balaban J connectivity index is 1.41. The Morgan fingerprint density at radius 1 is 0.931 bits per heavy atom. The van der Waals surface area contributed by atoms with Gasteiger partial charge < -0.3 is 9.47 Å². The lowest BCUT2D eigenvalue weighted by Crippen LogP contribution is -2.32. The SMILES string of the molecule is COc1ccccc1OC(=O)c1cccc(N2C(=O)[C@@H]3[C@H]4CC[C@@H](C4)[C@@H]3C2=O)c1. The lowest BCUT2D eigenvalue weighted by atomic mass is 9.81. The van der Waals surface area contributed by atoms with Crippen LogP contribution in [0.4, 0.5) is 5.69 Å². The largest absolute Gasteiger partial charge is 0.493 e. The Labute approximate surface area is 168 Å². The highest BCUT2D eigenvalue weighted by atomic mass is 16.6. The molecule has 5 rings (SSSR count). The minimum absolute atomic E-state index is 0.123. The Morgan fingerprint density at radius 2 is 1.59 bits per heavy atom. The summed E-state index contributed by atoms with van der Waals surface area (Å²) < 4.78 is 10.7. The molecule has 2 amide bonds. The maximum Gasteiger partial charge on any atom is 0.343 e. The molecule has 3 fully saturated rings. The van der Waals surface area contributed by atoms with Crippen LogP contribution in [-0.2, 0) is 9.59 Å². The van der Waals surface area contributed by atoms with E-state index >= 15 is 0 Å². The first kappa shape index (κ1) is 17.9. The number of fused-ring (bicyclic) bond motifs is 5. The second kappa shape index (κ2) is 6.72. The van der Waals surface area contributed by atoms with Gasteiger partial charge in [0.1, 0.15) is 0 Å². The molecule has 6 nitrogen and oxygen atoms in total. The molecule has 1 aliphatic heterocycles. The van der Waals surface area contributed by atoms with Crippen molar-refractivity contribution in [3.63, 3.8) is 0 Å². The monoisotopic (exact) mass is 391 g/mol. The lowest BCUT2D eigenvalue weighted by molar-refractivity contribution is -0.123. The van der Waals surface area contributed by atoms with Crippen molar-refractivity contribution < 1.29 is 23.9 Å². The standard InChI is InChI=1S/C23H21NO5/c1-28-17-7-2-3-8-18(17)29-23(27)15-5-4-6-16(12-15)24-21(25)19-13-9-10-14(11-13)20(19)22(24)26/h2-8,12-14,19-20H,9-11H2,1H3/t13-,14-,19-,20+/m0/s1. The zero-order valence-electron chi connectivity index (χ0n) is 16.0. The fourth-order valence-electron chi connectivity index (χ4n) is 5.30. The van der Waals surface area contributed by atoms with Gasteiger partial charge in [0.15, 0.2) is 11.5 Å². The summed E-state index contributed by atoms with van der Waals surface area (Å²) in [6.45, 7) is 0. The third-order valence-electron chi connectivity index (χ3n) is 6.54. The van der Waals surface area contributed by atoms with Crippen LogP contribution in [0.25, 0.3) is 0 Å². The summed E-state index contributed by atoms with van der Waals surface area (Å²) in [6, 6.07) is 13.4. The number of nitrogens with zero attached hydrogens (tertiary/aromatic N) is 1. The lowest BCUT2D eigenvalue weighted by Gasteiger charge is -2.19. The predicted octanol–water partition coefficient (Wildman–Crippen LogP) is 3.45. The van der Waals surface area contributed by atoms with Gasteiger partial charge in [-0.15, -0.1) is 0 Å². The number of carbonyl (C=O) groups excluding carboxylic acids is 3. The number of esters is 1. The molecule has 3 aliphatic rings. The Morgan fingerprint density at radius 3 is 2.24 bits per heavy atom. The van der Waals surface area contributed by atoms with E-state index in [2.05, 4.69) is 0 Å². The van der Waals surface area contributed by atoms with Crippen LogP contribution in [0.3, 0.4) is 0 Å². The van der Waals surface area contributed by atoms with Crippen LogP contribution in [-0.4, -0.2) is 24.9 Å². The molecule has 1 saturated heterocycles. The summed E-state index contributed by atoms with van der Waals surface area (Å²) in [5.74, 6) is 0.210. The minimum atomic E-state index is -0.573. The van der Waals surface area contributed by atoms with Crippen LogP contribution in [0.2, 0.25) is 0 Å². The second-order valence-electron chi connectivity index (χ2n) is 7.99. The summed E-state index contributed by atoms with van der Waals surface area (Å²) in [7, 11) is 1.50. The molecule has 6 heteroatoms. The van der Waals surface area contributed by atoms with Gasteiger partial charge >= 0.3 is 5.97 Å². The Kier molecular flexibility index (Phi) is 4.15. The third kappa shape index (κ3) is 2.74. The highest BCUT2D eigenvalue weighted by molar-refractivity contribution is 6.22. The van der Waals surface area contributed by atoms with E-state index in [0.29, 0.717) is 29.0 Å². The second-order valence-corrected chi connectivity index (χ2v) is 7.99. The van der Waals surface area contributed by atoms with E-state index in [9.17, 15) is 14.4 Å². The third-order valence-corrected chi connectivity index (χ3v) is 6.54. The fourth-order valence-corrected chi connectivity index (χ4v) is 5.30. The van der Waals surface area contributed by atoms with E-state index in [1.54, 1.807) is 48.5 Å². The van der Waals surface area contributed by atoms with Crippen molar-refractivity contribution in [1.82, 2.24) is 0 Å². The number of methoxy groups -OCH3 is 1. The molecular formula is C23H21NO5. The van der Waals surface area contributed by atoms with Crippen LogP contribution in [0.1, 0.15) is 29.6 Å². The summed E-state index contributed by atoms with van der Waals surface area (Å²) in [4.78, 5) is 40.0. The van der Waals surface area contributed by atoms with Gasteiger partial charge in [-0.25, -0.2) is 4.79 Å². The van der Waals surface area contributed by atoms with Crippen molar-refractivity contribution >= 4 is 23.5 Å². The van der Waals surface area contributed by atoms with E-state index in [1.165, 1.54) is 12.0 Å². The molecule has 2 aromatic carbocycles. The van der Waals surface area contributed by atoms with Gasteiger partial charge in [-0.05, 0) is 61.4 Å². The van der Waals surface area contributed by atoms with E-state index in [0.717, 1.165) is 19.3 Å². The molecule has 2 bridgehead atoms. The highest BCUT2D eigenvalue weighted by Gasteiger charge is 2.61. The minimum Gasteiger partial charge on any atom is -0.493 e. The molecule has 0 aromatic heterocycles. The average molecular weight is 391 g/mol. The van der Waals surface area contributed by atoms with Crippen LogP contribution in [0.15, 0.2) is 48.5 Å². The first-order chi connectivity index (χ1) is 14.1. The smallest absolute Gasteiger partial charge is 0.343 e. The number of amides is 2. The zero-order chi connectivity index (χ0) is 20.1. The predicted molar refractivity (Wildman–Crippen MR) is 105 cm³/mol. The number of benzene rings is 2. The van der Waals surface area contributed by atoms with Crippen molar-refractivity contribution in [3.05, 3.63) is 54.1 Å². The van der Waals surface area contributed by atoms with Crippen molar-refractivity contribution in [2.45, 2.75) is 19.3 Å². The zero-order valence-corrected chi connectivity index (χ0v) is 16.0. The maximum atomic E-state index is 13.0. The number of hydrogen-bond donors (Lipinski definition) is 0. The topological polar surface area (TPSA) is 72.9 Å². The van der Waals surface area contributed by atoms with Crippen molar-refractivity contribution in [1.29, 1.82) is 0 Å². The van der Waals surface area contributed by atoms with Crippen molar-refractivity contribution in [3.8, 4) is 11.5 Å². The number of carbonyl (C=O) groups is 3. The number of rotatable bonds is 4. The number of ether oxygens (including phenoxy) is 2. The Bertz CT molecular complexity index is 988. The molecule has 4 atom stereocenters. The van der Waals surface area contributed by atoms with Crippen LogP contribution >= 0.6 is 0 Å². The van der Waals surface area contributed by atoms with Gasteiger partial charge in [0.25, 0.3) is 0 Å². The quantitative estimate of drug-likeness (QED) is 0.453. The van der Waals surface area contributed by atoms with Crippen LogP contribution in [0.5, 0.6) is 11.5 Å². The number of hydrogen-bond acceptors (Lipinski definition) is 5. The van der Waals surface area contributed by atoms with Gasteiger partial charge in [-0.1, -0.05) is 18.2 Å². The van der Waals surface area contributed by atoms with Crippen LogP contribution in [0, 0.1) is 23.7 Å². The number of imide groups is 1. The van der Waals surface area contributed by atoms with Crippen LogP contribution < -0.4 is 14.4 Å². The molecule has 0 N–H and O–H groups in total. The average Bonchev–Trinajstić information content (AvgIpc) is 3.42. The molecule has 2 saturated carbocycles. The highest BCUT2D eigenvalue weighted by Crippen LogP contribution is 2.56. The Hall–Kier alpha value is -3.15. The molecule has 1 heterocycles. The summed E-state index contributed by atoms with van der Waals surface area (Å²) in [5, 5.41) is 0. The van der Waals surface area contributed by atoms with Gasteiger partial charge in [0, 0.05) is 0 Å². The fraction of sp³-hybridized carbons (Fsp3) is 0.348. The van der Waals surface area contributed by atoms with E-state index in [-0.39, 0.29) is 29.2 Å². The molecule has 2 aliphatic carbocycles. The first-order valence-electron chi connectivity index (χ1n) is 9.91. The van der Waals surface area contributed by atoms with E-state index in [1.807, 2.05) is 0 Å². The first-order valence-corrected chi connectivity index (χ1v) is 9.91. The van der Waals surface area contributed by atoms with E-state index < -0.39 is 5.97 Å². The molecule has 2 aromatic rings. The van der Waals surface area contributed by atoms with Gasteiger partial charge in [-0.3, -0.25) is 14.5 Å². The molecular weight excluding hydrogens is 370 g/mol.